The number of hydrogen-bond acceptors (Lipinski definition) is 2. The monoisotopic (exact) mass is 1010 g/mol. The summed E-state index contributed by atoms with van der Waals surface area (Å²) in [6.45, 7) is 12.7. The van der Waals surface area contributed by atoms with Gasteiger partial charge in [-0.3, -0.25) is 0 Å². The number of para-hydroxylation sites is 4. The van der Waals surface area contributed by atoms with Crippen LogP contribution in [0.15, 0.2) is 242 Å². The molecule has 0 aliphatic heterocycles. The van der Waals surface area contributed by atoms with Crippen LogP contribution in [0.1, 0.15) is 66.4 Å². The first-order valence-electron chi connectivity index (χ1n) is 31.6. The van der Waals surface area contributed by atoms with Gasteiger partial charge in [0.25, 0.3) is 0 Å². The number of rotatable bonds is 8. The van der Waals surface area contributed by atoms with Gasteiger partial charge >= 0.3 is 0 Å². The molecular formula is C74H58N4. The topological polar surface area (TPSA) is 15.3 Å². The maximum Gasteiger partial charge on any atom is 0.0641 e. The zero-order valence-electron chi connectivity index (χ0n) is 54.1. The van der Waals surface area contributed by atoms with Crippen molar-refractivity contribution in [2.75, 3.05) is 9.80 Å². The number of nitrogens with zero attached hydrogens (tertiary/aromatic N) is 4. The van der Waals surface area contributed by atoms with Crippen LogP contribution in [0.2, 0.25) is 0 Å². The van der Waals surface area contributed by atoms with Gasteiger partial charge in [-0.1, -0.05) is 199 Å². The van der Waals surface area contributed by atoms with Crippen molar-refractivity contribution in [3.63, 3.8) is 0 Å². The first-order valence-corrected chi connectivity index (χ1v) is 26.6. The van der Waals surface area contributed by atoms with Gasteiger partial charge in [-0.15, -0.1) is 0 Å². The average molecular weight is 1010 g/mol. The van der Waals surface area contributed by atoms with Gasteiger partial charge in [0.05, 0.1) is 69.6 Å². The molecule has 11 aromatic carbocycles. The van der Waals surface area contributed by atoms with Crippen molar-refractivity contribution >= 4 is 110 Å². The molecule has 0 aliphatic carbocycles. The Balaban J connectivity index is 1.01. The van der Waals surface area contributed by atoms with E-state index in [4.69, 9.17) is 8.22 Å². The summed E-state index contributed by atoms with van der Waals surface area (Å²) in [5.74, 6) is 0. The lowest BCUT2D eigenvalue weighted by Gasteiger charge is -2.30. The molecule has 374 valence electrons. The highest BCUT2D eigenvalue weighted by atomic mass is 15.2. The van der Waals surface area contributed by atoms with Crippen LogP contribution in [0.4, 0.5) is 34.1 Å². The fourth-order valence-electron chi connectivity index (χ4n) is 12.4. The summed E-state index contributed by atoms with van der Waals surface area (Å²) in [7, 11) is 0. The third-order valence-electron chi connectivity index (χ3n) is 16.0. The van der Waals surface area contributed by atoms with E-state index >= 15 is 0 Å². The summed E-state index contributed by atoms with van der Waals surface area (Å²) >= 11 is 0. The summed E-state index contributed by atoms with van der Waals surface area (Å²) < 4.78 is 94.6. The molecule has 15 rings (SSSR count). The molecule has 78 heavy (non-hydrogen) atoms. The van der Waals surface area contributed by atoms with Crippen molar-refractivity contribution in [2.24, 2.45) is 0 Å². The smallest absolute Gasteiger partial charge is 0.0641 e. The summed E-state index contributed by atoms with van der Waals surface area (Å²) in [6, 6.07) is 59.2. The lowest BCUT2D eigenvalue weighted by atomic mass is 9.84. The van der Waals surface area contributed by atoms with Gasteiger partial charge in [-0.05, 0) is 118 Å². The molecule has 4 heterocycles. The minimum Gasteiger partial charge on any atom is -0.309 e. The van der Waals surface area contributed by atoms with E-state index in [1.807, 2.05) is 84.9 Å². The SMILES string of the molecule is [2H]c1c([2H])c([2H])c(-c2cc(C(C)(C)C)ccc2N(c2ccccc2)c2ccc3c4cc5c(cc4n4c6ccccc6c2c34)c2ccc(N(c3ccccc3)c3ccc(C(C)(C)C)cc3-c3c([2H])c([2H])c([2H])c([2H])c3[2H])c3c4ccccc4n5c23)c([2H])c1[2H]. The number of anilines is 6. The van der Waals surface area contributed by atoms with Crippen molar-refractivity contribution in [1.29, 1.82) is 0 Å². The molecule has 4 aromatic heterocycles. The fraction of sp³-hybridized carbons (Fsp3) is 0.108. The molecule has 0 amide bonds. The second-order valence-electron chi connectivity index (χ2n) is 22.6. The van der Waals surface area contributed by atoms with E-state index in [0.717, 1.165) is 110 Å². The van der Waals surface area contributed by atoms with Crippen LogP contribution in [0, 0.1) is 0 Å². The summed E-state index contributed by atoms with van der Waals surface area (Å²) in [5, 5.41) is 8.27. The largest absolute Gasteiger partial charge is 0.309 e. The van der Waals surface area contributed by atoms with E-state index < -0.39 is 36.3 Å². The Hall–Kier alpha value is -9.38. The van der Waals surface area contributed by atoms with Crippen LogP contribution in [0.5, 0.6) is 0 Å². The van der Waals surface area contributed by atoms with Gasteiger partial charge in [0.2, 0.25) is 0 Å². The molecule has 0 radical (unpaired) electrons. The molecule has 0 unspecified atom stereocenters. The minimum atomic E-state index is -0.442. The number of hydrogen-bond donors (Lipinski definition) is 0. The van der Waals surface area contributed by atoms with Gasteiger partial charge in [-0.25, -0.2) is 0 Å². The average Bonchev–Trinajstić information content (AvgIpc) is 1.52. The summed E-state index contributed by atoms with van der Waals surface area (Å²) in [5.41, 5.74) is 13.4. The Morgan fingerprint density at radius 1 is 0.333 bits per heavy atom. The van der Waals surface area contributed by atoms with Crippen molar-refractivity contribution in [2.45, 2.75) is 52.4 Å². The first-order chi connectivity index (χ1) is 42.1. The van der Waals surface area contributed by atoms with Gasteiger partial charge in [-0.2, -0.15) is 0 Å². The van der Waals surface area contributed by atoms with E-state index in [9.17, 15) is 5.48 Å². The maximum atomic E-state index is 9.34. The van der Waals surface area contributed by atoms with Gasteiger partial charge in [0, 0.05) is 65.6 Å². The van der Waals surface area contributed by atoms with Gasteiger partial charge in [0.1, 0.15) is 0 Å². The summed E-state index contributed by atoms with van der Waals surface area (Å²) in [4.78, 5) is 4.37. The van der Waals surface area contributed by atoms with E-state index in [-0.39, 0.29) is 46.1 Å². The van der Waals surface area contributed by atoms with E-state index in [1.165, 1.54) is 0 Å². The number of fused-ring (bicyclic) bond motifs is 12. The van der Waals surface area contributed by atoms with E-state index in [2.05, 4.69) is 157 Å². The zero-order valence-corrected chi connectivity index (χ0v) is 44.1. The zero-order chi connectivity index (χ0) is 61.3. The van der Waals surface area contributed by atoms with E-state index in [0.29, 0.717) is 22.5 Å². The predicted octanol–water partition coefficient (Wildman–Crippen LogP) is 20.9. The van der Waals surface area contributed by atoms with Crippen LogP contribution in [0.25, 0.3) is 98.4 Å². The molecule has 0 spiro atoms. The Bertz CT molecular complexity index is 5030. The number of aromatic nitrogens is 2. The van der Waals surface area contributed by atoms with Crippen molar-refractivity contribution in [3.05, 3.63) is 254 Å². The van der Waals surface area contributed by atoms with Gasteiger partial charge < -0.3 is 18.6 Å². The Kier molecular flexibility index (Phi) is 8.00. The molecule has 0 bridgehead atoms. The standard InChI is InChI=1S/C74H58N4/c1-73(2,3)49-35-39-63(57(43-49)47-23-11-7-12-24-47)75(51-27-15-9-16-28-51)65-41-37-53-59-45-68-60(46-67(59)77-61-33-21-19-31-55(61)69(65)71(53)77)54-38-42-66(70-56-32-20-22-34-62(56)78(68)72(54)70)76(52-29-17-10-18-30-52)64-40-36-50(74(4,5)6)44-58(64)48-25-13-8-14-26-48/h7-46H,1-6H3/i7D,8D,11D,12D,13D,14D,23D,24D,25D,26D. The third-order valence-corrected chi connectivity index (χ3v) is 16.0. The van der Waals surface area contributed by atoms with Crippen molar-refractivity contribution in [3.8, 4) is 22.3 Å². The second kappa shape index (κ2) is 17.1. The minimum absolute atomic E-state index is 0.134. The van der Waals surface area contributed by atoms with E-state index in [1.54, 1.807) is 0 Å². The maximum absolute atomic E-state index is 9.34. The molecule has 0 aliphatic rings. The van der Waals surface area contributed by atoms with Crippen LogP contribution in [0.3, 0.4) is 0 Å². The lowest BCUT2D eigenvalue weighted by molar-refractivity contribution is 0.590. The Morgan fingerprint density at radius 3 is 1.10 bits per heavy atom. The molecule has 4 heteroatoms. The van der Waals surface area contributed by atoms with Crippen molar-refractivity contribution in [1.82, 2.24) is 8.80 Å². The van der Waals surface area contributed by atoms with Crippen LogP contribution in [-0.2, 0) is 10.8 Å². The molecule has 0 saturated heterocycles. The first kappa shape index (κ1) is 36.6. The highest BCUT2D eigenvalue weighted by molar-refractivity contribution is 6.32. The predicted molar refractivity (Wildman–Crippen MR) is 333 cm³/mol. The third kappa shape index (κ3) is 6.85. The number of benzene rings is 11. The molecule has 0 N–H and O–H groups in total. The van der Waals surface area contributed by atoms with Crippen molar-refractivity contribution < 1.29 is 13.7 Å². The van der Waals surface area contributed by atoms with Crippen LogP contribution < -0.4 is 9.80 Å². The highest BCUT2D eigenvalue weighted by Gasteiger charge is 2.30. The summed E-state index contributed by atoms with van der Waals surface area (Å²) in [6.07, 6.45) is 0. The Morgan fingerprint density at radius 2 is 0.705 bits per heavy atom. The fourth-order valence-corrected chi connectivity index (χ4v) is 12.4. The lowest BCUT2D eigenvalue weighted by Crippen LogP contribution is -2.15. The quantitative estimate of drug-likeness (QED) is 0.151. The molecule has 0 fully saturated rings. The molecule has 0 atom stereocenters. The molecule has 0 saturated carbocycles. The molecule has 4 nitrogen and oxygen atoms in total. The molecule has 15 aromatic rings. The second-order valence-corrected chi connectivity index (χ2v) is 22.6. The normalized spacial score (nSPS) is 14.3. The molecular weight excluding hydrogens is 945 g/mol. The van der Waals surface area contributed by atoms with Crippen LogP contribution in [-0.4, -0.2) is 8.80 Å². The Labute approximate surface area is 469 Å². The van der Waals surface area contributed by atoms with Crippen LogP contribution >= 0.6 is 0 Å². The highest BCUT2D eigenvalue weighted by Crippen LogP contribution is 2.53. The van der Waals surface area contributed by atoms with Gasteiger partial charge in [0.15, 0.2) is 0 Å².